The molecule has 0 spiro atoms. The second-order valence-electron chi connectivity index (χ2n) is 7.81. The zero-order chi connectivity index (χ0) is 26.2. The van der Waals surface area contributed by atoms with E-state index in [0.29, 0.717) is 22.2 Å². The molecule has 2 aromatic rings. The second kappa shape index (κ2) is 12.6. The van der Waals surface area contributed by atoms with E-state index in [9.17, 15) is 19.2 Å². The third-order valence-electron chi connectivity index (χ3n) is 5.36. The number of thioether (sulfide) groups is 1. The van der Waals surface area contributed by atoms with Crippen LogP contribution in [0.1, 0.15) is 36.1 Å². The topological polar surface area (TPSA) is 120 Å². The summed E-state index contributed by atoms with van der Waals surface area (Å²) in [5.41, 5.74) is 2.07. The fourth-order valence-corrected chi connectivity index (χ4v) is 5.36. The fraction of sp³-hybridized carbons (Fsp3) is 0.360. The van der Waals surface area contributed by atoms with E-state index < -0.39 is 34.6 Å². The van der Waals surface area contributed by atoms with Gasteiger partial charge in [0.15, 0.2) is 17.3 Å². The molecule has 1 aliphatic heterocycles. The molecule has 0 aromatic heterocycles. The Hall–Kier alpha value is -3.24. The number of anilines is 1. The molecule has 192 valence electrons. The van der Waals surface area contributed by atoms with Crippen LogP contribution < -0.4 is 20.1 Å². The number of nitrogens with one attached hydrogen (secondary N) is 2. The van der Waals surface area contributed by atoms with Crippen molar-refractivity contribution in [1.82, 2.24) is 5.32 Å². The van der Waals surface area contributed by atoms with Crippen LogP contribution in [0.3, 0.4) is 0 Å². The van der Waals surface area contributed by atoms with Crippen LogP contribution in [-0.4, -0.2) is 56.2 Å². The number of fused-ring (bicyclic) bond motifs is 1. The molecule has 0 unspecified atom stereocenters. The number of methoxy groups -OCH3 is 2. The molecule has 2 amide bonds. The van der Waals surface area contributed by atoms with Gasteiger partial charge in [0.2, 0.25) is 11.8 Å². The van der Waals surface area contributed by atoms with Crippen LogP contribution in [0.4, 0.5) is 5.69 Å². The molecular formula is C25H27ClN2O7S. The van der Waals surface area contributed by atoms with E-state index in [1.807, 2.05) is 12.1 Å². The molecule has 0 saturated carbocycles. The van der Waals surface area contributed by atoms with Gasteiger partial charge in [-0.15, -0.1) is 11.8 Å². The summed E-state index contributed by atoms with van der Waals surface area (Å²) in [6.07, 6.45) is -0.617. The number of carbonyl (C=O) groups excluding carboxylic acids is 4. The van der Waals surface area contributed by atoms with Gasteiger partial charge in [0, 0.05) is 22.7 Å². The van der Waals surface area contributed by atoms with E-state index in [4.69, 9.17) is 25.8 Å². The molecule has 1 aliphatic rings. The number of esters is 1. The van der Waals surface area contributed by atoms with E-state index in [1.165, 1.54) is 26.0 Å². The lowest BCUT2D eigenvalue weighted by Gasteiger charge is -2.23. The van der Waals surface area contributed by atoms with Gasteiger partial charge in [-0.25, -0.2) is 0 Å². The lowest BCUT2D eigenvalue weighted by Crippen LogP contribution is -2.35. The Bertz CT molecular complexity index is 1160. The number of carbonyl (C=O) groups is 4. The molecule has 2 aromatic carbocycles. The minimum Gasteiger partial charge on any atom is -0.493 e. The quantitative estimate of drug-likeness (QED) is 0.351. The van der Waals surface area contributed by atoms with Gasteiger partial charge in [0.05, 0.1) is 37.9 Å². The maximum Gasteiger partial charge on any atom is 0.313 e. The van der Waals surface area contributed by atoms with Crippen LogP contribution in [0, 0.1) is 0 Å². The maximum absolute atomic E-state index is 13.1. The van der Waals surface area contributed by atoms with Crippen molar-refractivity contribution in [3.63, 3.8) is 0 Å². The van der Waals surface area contributed by atoms with Gasteiger partial charge in [0.1, 0.15) is 6.42 Å². The molecule has 0 aliphatic carbocycles. The molecule has 3 rings (SSSR count). The van der Waals surface area contributed by atoms with Crippen molar-refractivity contribution in [1.29, 1.82) is 0 Å². The number of ketones is 1. The summed E-state index contributed by atoms with van der Waals surface area (Å²) in [7, 11) is 3.07. The predicted molar refractivity (Wildman–Crippen MR) is 137 cm³/mol. The number of amides is 2. The second-order valence-corrected chi connectivity index (χ2v) is 9.56. The van der Waals surface area contributed by atoms with Gasteiger partial charge in [-0.05, 0) is 36.8 Å². The number of Topliss-reactive ketones (excluding diaryl/α,β-unsaturated/α-hetero) is 1. The van der Waals surface area contributed by atoms with Crippen molar-refractivity contribution in [2.75, 3.05) is 32.7 Å². The Kier molecular flexibility index (Phi) is 9.60. The van der Waals surface area contributed by atoms with Gasteiger partial charge in [0.25, 0.3) is 0 Å². The van der Waals surface area contributed by atoms with Gasteiger partial charge < -0.3 is 24.8 Å². The normalized spacial score (nSPS) is 16.7. The van der Waals surface area contributed by atoms with E-state index in [-0.39, 0.29) is 25.5 Å². The third kappa shape index (κ3) is 6.70. The Balaban J connectivity index is 1.84. The summed E-state index contributed by atoms with van der Waals surface area (Å²) in [6, 6.07) is 10.6. The number of hydrogen-bond donors (Lipinski definition) is 2. The van der Waals surface area contributed by atoms with E-state index in [2.05, 4.69) is 10.6 Å². The summed E-state index contributed by atoms with van der Waals surface area (Å²) in [5.74, 6) is -0.966. The SMILES string of the molecule is CCOC(=O)CC(=O)CNC(=O)C[C@H]1S[C@H](c2cccc(OC)c2OC)c2cc(Cl)ccc2NC1=O. The standard InChI is InChI=1S/C25H27ClN2O7S/c1-4-35-22(31)11-15(29)13-27-21(30)12-20-25(32)28-18-9-8-14(26)10-17(18)24(36-20)16-6-5-7-19(33-2)23(16)34-3/h5-10,20,24H,4,11-13H2,1-3H3,(H,27,30)(H,28,32)/t20-,24-/m1/s1. The number of ether oxygens (including phenoxy) is 3. The van der Waals surface area contributed by atoms with Crippen molar-refractivity contribution in [3.8, 4) is 11.5 Å². The van der Waals surface area contributed by atoms with Gasteiger partial charge in [-0.3, -0.25) is 19.2 Å². The number of hydrogen-bond acceptors (Lipinski definition) is 8. The Morgan fingerprint density at radius 2 is 1.89 bits per heavy atom. The zero-order valence-electron chi connectivity index (χ0n) is 20.1. The van der Waals surface area contributed by atoms with Gasteiger partial charge >= 0.3 is 5.97 Å². The highest BCUT2D eigenvalue weighted by Crippen LogP contribution is 2.49. The molecule has 0 saturated heterocycles. The summed E-state index contributed by atoms with van der Waals surface area (Å²) in [4.78, 5) is 49.1. The smallest absolute Gasteiger partial charge is 0.313 e. The van der Waals surface area contributed by atoms with Crippen LogP contribution in [0.25, 0.3) is 0 Å². The minimum atomic E-state index is -0.794. The molecule has 11 heteroatoms. The van der Waals surface area contributed by atoms with Crippen molar-refractivity contribution >= 4 is 52.6 Å². The van der Waals surface area contributed by atoms with Crippen LogP contribution in [0.5, 0.6) is 11.5 Å². The van der Waals surface area contributed by atoms with Crippen LogP contribution in [0.2, 0.25) is 5.02 Å². The van der Waals surface area contributed by atoms with E-state index in [1.54, 1.807) is 31.2 Å². The molecule has 2 atom stereocenters. The molecule has 1 heterocycles. The molecule has 0 bridgehead atoms. The molecule has 0 fully saturated rings. The first kappa shape index (κ1) is 27.3. The first-order valence-electron chi connectivity index (χ1n) is 11.2. The monoisotopic (exact) mass is 534 g/mol. The number of rotatable bonds is 10. The van der Waals surface area contributed by atoms with Crippen LogP contribution >= 0.6 is 23.4 Å². The summed E-state index contributed by atoms with van der Waals surface area (Å²) < 4.78 is 15.8. The zero-order valence-corrected chi connectivity index (χ0v) is 21.7. The molecule has 0 radical (unpaired) electrons. The number of halogens is 1. The maximum atomic E-state index is 13.1. The minimum absolute atomic E-state index is 0.166. The average molecular weight is 535 g/mol. The first-order valence-corrected chi connectivity index (χ1v) is 12.5. The number of para-hydroxylation sites is 1. The average Bonchev–Trinajstić information content (AvgIpc) is 2.98. The van der Waals surface area contributed by atoms with Crippen molar-refractivity contribution < 1.29 is 33.4 Å². The summed E-state index contributed by atoms with van der Waals surface area (Å²) in [6.45, 7) is 1.47. The highest BCUT2D eigenvalue weighted by Gasteiger charge is 2.35. The van der Waals surface area contributed by atoms with E-state index >= 15 is 0 Å². The van der Waals surface area contributed by atoms with Crippen molar-refractivity contribution in [2.45, 2.75) is 30.3 Å². The van der Waals surface area contributed by atoms with E-state index in [0.717, 1.165) is 11.1 Å². The Morgan fingerprint density at radius 3 is 2.58 bits per heavy atom. The van der Waals surface area contributed by atoms with Gasteiger partial charge in [-0.1, -0.05) is 23.7 Å². The van der Waals surface area contributed by atoms with Crippen LogP contribution in [-0.2, 0) is 23.9 Å². The highest BCUT2D eigenvalue weighted by atomic mass is 35.5. The molecule has 36 heavy (non-hydrogen) atoms. The molecular weight excluding hydrogens is 508 g/mol. The highest BCUT2D eigenvalue weighted by molar-refractivity contribution is 8.01. The lowest BCUT2D eigenvalue weighted by atomic mass is 10.0. The third-order valence-corrected chi connectivity index (χ3v) is 7.09. The fourth-order valence-electron chi connectivity index (χ4n) is 3.75. The Morgan fingerprint density at radius 1 is 1.11 bits per heavy atom. The summed E-state index contributed by atoms with van der Waals surface area (Å²) >= 11 is 7.56. The molecule has 2 N–H and O–H groups in total. The summed E-state index contributed by atoms with van der Waals surface area (Å²) in [5, 5.41) is 4.64. The van der Waals surface area contributed by atoms with Gasteiger partial charge in [-0.2, -0.15) is 0 Å². The molecule has 9 nitrogen and oxygen atoms in total. The Labute approximate surface area is 218 Å². The van der Waals surface area contributed by atoms with Crippen molar-refractivity contribution in [2.24, 2.45) is 0 Å². The van der Waals surface area contributed by atoms with Crippen molar-refractivity contribution in [3.05, 3.63) is 52.5 Å². The lowest BCUT2D eigenvalue weighted by molar-refractivity contribution is -0.145. The predicted octanol–water partition coefficient (Wildman–Crippen LogP) is 3.53. The van der Waals surface area contributed by atoms with Crippen LogP contribution in [0.15, 0.2) is 36.4 Å². The first-order chi connectivity index (χ1) is 17.3. The number of benzene rings is 2. The largest absolute Gasteiger partial charge is 0.493 e.